The van der Waals surface area contributed by atoms with Crippen LogP contribution in [-0.2, 0) is 0 Å². The van der Waals surface area contributed by atoms with Crippen LogP contribution in [0.5, 0.6) is 0 Å². The molecule has 1 saturated carbocycles. The lowest BCUT2D eigenvalue weighted by molar-refractivity contribution is 0.0516. The Morgan fingerprint density at radius 1 is 1.17 bits per heavy atom. The summed E-state index contributed by atoms with van der Waals surface area (Å²) < 4.78 is 0. The van der Waals surface area contributed by atoms with E-state index in [1.165, 1.54) is 45.1 Å². The van der Waals surface area contributed by atoms with Gasteiger partial charge in [0.1, 0.15) is 0 Å². The molecule has 4 heteroatoms. The summed E-state index contributed by atoms with van der Waals surface area (Å²) in [6.45, 7) is 3.03. The monoisotopic (exact) mass is 272 g/mol. The molecule has 0 aromatic rings. The Labute approximate surface area is 117 Å². The van der Waals surface area contributed by atoms with Crippen molar-refractivity contribution >= 4 is 12.6 Å². The molecule has 2 fully saturated rings. The second kappa shape index (κ2) is 7.13. The van der Waals surface area contributed by atoms with Gasteiger partial charge < -0.3 is 15.7 Å². The van der Waals surface area contributed by atoms with E-state index >= 15 is 0 Å². The van der Waals surface area contributed by atoms with E-state index in [1.54, 1.807) is 0 Å². The molecule has 0 radical (unpaired) electrons. The Morgan fingerprint density at radius 3 is 2.61 bits per heavy atom. The van der Waals surface area contributed by atoms with E-state index < -0.39 is 6.10 Å². The van der Waals surface area contributed by atoms with Gasteiger partial charge in [-0.3, -0.25) is 0 Å². The van der Waals surface area contributed by atoms with Gasteiger partial charge in [0.05, 0.1) is 6.10 Å². The van der Waals surface area contributed by atoms with Crippen LogP contribution in [0.15, 0.2) is 0 Å². The normalized spacial score (nSPS) is 33.5. The molecule has 0 aromatic heterocycles. The van der Waals surface area contributed by atoms with Crippen LogP contribution in [0.3, 0.4) is 0 Å². The Bertz CT molecular complexity index is 252. The first-order valence-electron chi connectivity index (χ1n) is 7.47. The number of hydrogen-bond acceptors (Lipinski definition) is 4. The summed E-state index contributed by atoms with van der Waals surface area (Å²) in [6.07, 6.45) is 7.94. The van der Waals surface area contributed by atoms with E-state index in [-0.39, 0.29) is 6.04 Å². The van der Waals surface area contributed by atoms with Crippen LogP contribution >= 0.6 is 12.6 Å². The van der Waals surface area contributed by atoms with Gasteiger partial charge in [-0.2, -0.15) is 12.6 Å². The van der Waals surface area contributed by atoms with Crippen molar-refractivity contribution in [2.45, 2.75) is 50.7 Å². The molecule has 106 valence electrons. The minimum atomic E-state index is -0.426. The first kappa shape index (κ1) is 14.6. The summed E-state index contributed by atoms with van der Waals surface area (Å²) in [5.74, 6) is 2.36. The van der Waals surface area contributed by atoms with Crippen molar-refractivity contribution in [3.8, 4) is 0 Å². The highest BCUT2D eigenvalue weighted by atomic mass is 32.1. The van der Waals surface area contributed by atoms with Gasteiger partial charge in [0.2, 0.25) is 0 Å². The molecule has 1 aliphatic carbocycles. The predicted octanol–water partition coefficient (Wildman–Crippen LogP) is 1.51. The first-order chi connectivity index (χ1) is 8.70. The third kappa shape index (κ3) is 3.86. The van der Waals surface area contributed by atoms with E-state index in [9.17, 15) is 5.11 Å². The molecule has 18 heavy (non-hydrogen) atoms. The number of fused-ring (bicyclic) bond motifs is 1. The molecule has 0 amide bonds. The fraction of sp³-hybridized carbons (Fsp3) is 1.00. The number of nitrogens with zero attached hydrogens (tertiary/aromatic N) is 1. The highest BCUT2D eigenvalue weighted by molar-refractivity contribution is 7.80. The maximum atomic E-state index is 10.0. The second-order valence-electron chi connectivity index (χ2n) is 6.12. The Kier molecular flexibility index (Phi) is 5.80. The average Bonchev–Trinajstić information content (AvgIpc) is 2.62. The van der Waals surface area contributed by atoms with Gasteiger partial charge in [-0.05, 0) is 31.2 Å². The lowest BCUT2D eigenvalue weighted by Crippen LogP contribution is -2.48. The van der Waals surface area contributed by atoms with Gasteiger partial charge >= 0.3 is 0 Å². The summed E-state index contributed by atoms with van der Waals surface area (Å²) >= 11 is 4.16. The SMILES string of the molecule is NC(CS)C(O)CN1CCC2CCCCCC2C1. The number of likely N-dealkylation sites (tertiary alicyclic amines) is 1. The smallest absolute Gasteiger partial charge is 0.0825 e. The second-order valence-corrected chi connectivity index (χ2v) is 6.49. The molecule has 1 saturated heterocycles. The summed E-state index contributed by atoms with van der Waals surface area (Å²) in [6, 6.07) is -0.194. The Hall–Kier alpha value is 0.230. The first-order valence-corrected chi connectivity index (χ1v) is 8.11. The zero-order chi connectivity index (χ0) is 13.0. The van der Waals surface area contributed by atoms with Crippen molar-refractivity contribution in [2.24, 2.45) is 17.6 Å². The minimum absolute atomic E-state index is 0.194. The van der Waals surface area contributed by atoms with E-state index in [4.69, 9.17) is 5.73 Å². The summed E-state index contributed by atoms with van der Waals surface area (Å²) in [4.78, 5) is 2.42. The van der Waals surface area contributed by atoms with E-state index in [2.05, 4.69) is 17.5 Å². The average molecular weight is 272 g/mol. The molecule has 0 spiro atoms. The Morgan fingerprint density at radius 2 is 1.89 bits per heavy atom. The van der Waals surface area contributed by atoms with Crippen molar-refractivity contribution < 1.29 is 5.11 Å². The van der Waals surface area contributed by atoms with Crippen molar-refractivity contribution in [3.63, 3.8) is 0 Å². The molecule has 3 nitrogen and oxygen atoms in total. The number of β-amino-alcohol motifs (C(OH)–C–C–N with tert-alkyl or cyclic N) is 1. The van der Waals surface area contributed by atoms with Crippen LogP contribution in [0.1, 0.15) is 38.5 Å². The number of nitrogens with two attached hydrogens (primary N) is 1. The van der Waals surface area contributed by atoms with Gasteiger partial charge in [0.25, 0.3) is 0 Å². The maximum absolute atomic E-state index is 10.0. The van der Waals surface area contributed by atoms with Gasteiger partial charge in [-0.15, -0.1) is 0 Å². The summed E-state index contributed by atoms with van der Waals surface area (Å²) in [5.41, 5.74) is 5.84. The van der Waals surface area contributed by atoms with E-state index in [0.717, 1.165) is 24.9 Å². The third-order valence-electron chi connectivity index (χ3n) is 4.78. The van der Waals surface area contributed by atoms with Gasteiger partial charge in [-0.1, -0.05) is 25.7 Å². The number of aliphatic hydroxyl groups is 1. The highest BCUT2D eigenvalue weighted by Crippen LogP contribution is 2.34. The summed E-state index contributed by atoms with van der Waals surface area (Å²) in [7, 11) is 0. The molecule has 4 atom stereocenters. The predicted molar refractivity (Wildman–Crippen MR) is 79.0 cm³/mol. The lowest BCUT2D eigenvalue weighted by Gasteiger charge is -2.39. The van der Waals surface area contributed by atoms with Gasteiger partial charge in [0, 0.05) is 24.9 Å². The van der Waals surface area contributed by atoms with Crippen molar-refractivity contribution in [3.05, 3.63) is 0 Å². The van der Waals surface area contributed by atoms with Crippen molar-refractivity contribution in [2.75, 3.05) is 25.4 Å². The molecule has 3 N–H and O–H groups in total. The minimum Gasteiger partial charge on any atom is -0.390 e. The van der Waals surface area contributed by atoms with E-state index in [1.807, 2.05) is 0 Å². The van der Waals surface area contributed by atoms with E-state index in [0.29, 0.717) is 5.75 Å². The molecule has 0 bridgehead atoms. The molecule has 4 unspecified atom stereocenters. The zero-order valence-electron chi connectivity index (χ0n) is 11.3. The molecular formula is C14H28N2OS. The largest absolute Gasteiger partial charge is 0.390 e. The molecule has 0 aromatic carbocycles. The van der Waals surface area contributed by atoms with Crippen LogP contribution in [0.25, 0.3) is 0 Å². The van der Waals surface area contributed by atoms with Crippen LogP contribution in [0.2, 0.25) is 0 Å². The molecule has 1 aliphatic heterocycles. The number of aliphatic hydroxyl groups excluding tert-OH is 1. The third-order valence-corrected chi connectivity index (χ3v) is 5.20. The van der Waals surface area contributed by atoms with Crippen LogP contribution in [0, 0.1) is 11.8 Å². The number of piperidine rings is 1. The van der Waals surface area contributed by atoms with Gasteiger partial charge in [0.15, 0.2) is 0 Å². The highest BCUT2D eigenvalue weighted by Gasteiger charge is 2.31. The number of rotatable bonds is 4. The number of hydrogen-bond donors (Lipinski definition) is 3. The molecular weight excluding hydrogens is 244 g/mol. The van der Waals surface area contributed by atoms with Crippen molar-refractivity contribution in [1.82, 2.24) is 4.90 Å². The quantitative estimate of drug-likeness (QED) is 0.680. The Balaban J connectivity index is 1.82. The molecule has 2 rings (SSSR count). The van der Waals surface area contributed by atoms with Crippen molar-refractivity contribution in [1.29, 1.82) is 0 Å². The molecule has 2 aliphatic rings. The van der Waals surface area contributed by atoms with Crippen LogP contribution in [-0.4, -0.2) is 47.5 Å². The van der Waals surface area contributed by atoms with Gasteiger partial charge in [-0.25, -0.2) is 0 Å². The topological polar surface area (TPSA) is 49.5 Å². The fourth-order valence-corrected chi connectivity index (χ4v) is 3.78. The standard InChI is InChI=1S/C14H28N2OS/c15-13(10-18)14(17)9-16-7-6-11-4-2-1-3-5-12(11)8-16/h11-14,17-18H,1-10,15H2. The number of thiol groups is 1. The lowest BCUT2D eigenvalue weighted by atomic mass is 9.82. The fourth-order valence-electron chi connectivity index (χ4n) is 3.54. The maximum Gasteiger partial charge on any atom is 0.0825 e. The van der Waals surface area contributed by atoms with Crippen LogP contribution < -0.4 is 5.73 Å². The molecule has 1 heterocycles. The van der Waals surface area contributed by atoms with Crippen LogP contribution in [0.4, 0.5) is 0 Å². The summed E-state index contributed by atoms with van der Waals surface area (Å²) in [5, 5.41) is 10.0. The zero-order valence-corrected chi connectivity index (χ0v) is 12.2.